The van der Waals surface area contributed by atoms with Crippen LogP contribution in [0, 0.1) is 0 Å². The van der Waals surface area contributed by atoms with Crippen LogP contribution in [0.15, 0.2) is 35.4 Å². The molecule has 1 amide bonds. The smallest absolute Gasteiger partial charge is 0.377 e. The molecule has 0 bridgehead atoms. The molecule has 2 aromatic heterocycles. The van der Waals surface area contributed by atoms with Crippen molar-refractivity contribution in [2.45, 2.75) is 43.4 Å². The van der Waals surface area contributed by atoms with Crippen LogP contribution in [0.25, 0.3) is 10.6 Å². The van der Waals surface area contributed by atoms with Crippen LogP contribution in [0.1, 0.15) is 34.6 Å². The molecule has 0 spiro atoms. The first-order chi connectivity index (χ1) is 20.1. The molecule has 3 aromatic rings. The van der Waals surface area contributed by atoms with Crippen LogP contribution in [-0.2, 0) is 17.3 Å². The number of thiophene rings is 1. The van der Waals surface area contributed by atoms with Gasteiger partial charge in [0.1, 0.15) is 10.4 Å². The van der Waals surface area contributed by atoms with Crippen LogP contribution in [0.4, 0.5) is 30.5 Å². The van der Waals surface area contributed by atoms with Crippen molar-refractivity contribution in [3.8, 4) is 10.6 Å². The minimum Gasteiger partial charge on any atom is -0.377 e. The normalized spacial score (nSPS) is 20.3. The number of hydrogen-bond acceptors (Lipinski definition) is 9. The molecule has 5 heterocycles. The summed E-state index contributed by atoms with van der Waals surface area (Å²) in [6.07, 6.45) is -3.10. The highest BCUT2D eigenvalue weighted by atomic mass is 32.2. The molecule has 0 radical (unpaired) electrons. The number of rotatable bonds is 6. The molecular formula is C29H33F3N6O2S2. The molecule has 8 nitrogen and oxygen atoms in total. The lowest BCUT2D eigenvalue weighted by Gasteiger charge is -2.39. The lowest BCUT2D eigenvalue weighted by molar-refractivity contribution is -0.137. The Morgan fingerprint density at radius 2 is 1.98 bits per heavy atom. The second-order valence-corrected chi connectivity index (χ2v) is 13.1. The largest absolute Gasteiger partial charge is 0.420 e. The fourth-order valence-electron chi connectivity index (χ4n) is 5.42. The maximum Gasteiger partial charge on any atom is 0.420 e. The number of anilines is 3. The number of aryl methyl sites for hydroxylation is 1. The predicted molar refractivity (Wildman–Crippen MR) is 160 cm³/mol. The minimum atomic E-state index is -4.66. The first-order valence-corrected chi connectivity index (χ1v) is 15.9. The monoisotopic (exact) mass is 618 g/mol. The number of hydrogen-bond donors (Lipinski definition) is 1. The molecule has 6 rings (SSSR count). The molecular weight excluding hydrogens is 585 g/mol. The third kappa shape index (κ3) is 5.71. The zero-order valence-corrected chi connectivity index (χ0v) is 25.3. The predicted octanol–water partition coefficient (Wildman–Crippen LogP) is 5.62. The number of amides is 1. The van der Waals surface area contributed by atoms with Gasteiger partial charge in [-0.15, -0.1) is 23.1 Å². The summed E-state index contributed by atoms with van der Waals surface area (Å²) in [4.78, 5) is 29.7. The Morgan fingerprint density at radius 1 is 1.17 bits per heavy atom. The first kappa shape index (κ1) is 29.2. The highest BCUT2D eigenvalue weighted by molar-refractivity contribution is 7.99. The number of likely N-dealkylation sites (N-methyl/N-ethyl adjacent to an activating group) is 1. The number of ether oxygens (including phenoxy) is 1. The molecule has 1 atom stereocenters. The van der Waals surface area contributed by atoms with Crippen LogP contribution in [0.3, 0.4) is 0 Å². The SMILES string of the molecule is CCc1cc(N2CCN(C)[C@@H](C)C2)ccc1Nc1ncc(C(F)(F)F)c(-c2cc3c(s2)C(=O)N(C2COC2)CCS3)n1. The summed E-state index contributed by atoms with van der Waals surface area (Å²) in [6, 6.07) is 8.21. The molecule has 0 aliphatic carbocycles. The van der Waals surface area contributed by atoms with Crippen molar-refractivity contribution in [1.82, 2.24) is 19.8 Å². The number of thioether (sulfide) groups is 1. The van der Waals surface area contributed by atoms with Gasteiger partial charge in [-0.25, -0.2) is 9.97 Å². The summed E-state index contributed by atoms with van der Waals surface area (Å²) in [5, 5.41) is 3.17. The van der Waals surface area contributed by atoms with Crippen LogP contribution >= 0.6 is 23.1 Å². The van der Waals surface area contributed by atoms with Gasteiger partial charge in [-0.1, -0.05) is 6.92 Å². The fraction of sp³-hybridized carbons (Fsp3) is 0.483. The van der Waals surface area contributed by atoms with Crippen molar-refractivity contribution >= 4 is 46.3 Å². The summed E-state index contributed by atoms with van der Waals surface area (Å²) < 4.78 is 47.7. The average Bonchev–Trinajstić information content (AvgIpc) is 3.30. The molecule has 2 fully saturated rings. The summed E-state index contributed by atoms with van der Waals surface area (Å²) >= 11 is 2.54. The zero-order chi connectivity index (χ0) is 29.6. The molecule has 3 aliphatic rings. The molecule has 224 valence electrons. The van der Waals surface area contributed by atoms with Crippen molar-refractivity contribution < 1.29 is 22.7 Å². The molecule has 0 unspecified atom stereocenters. The maximum atomic E-state index is 14.1. The van der Waals surface area contributed by atoms with E-state index in [9.17, 15) is 18.0 Å². The van der Waals surface area contributed by atoms with Gasteiger partial charge in [0.05, 0.1) is 29.8 Å². The molecule has 42 heavy (non-hydrogen) atoms. The number of benzene rings is 1. The van der Waals surface area contributed by atoms with Crippen LogP contribution < -0.4 is 10.2 Å². The molecule has 1 aromatic carbocycles. The van der Waals surface area contributed by atoms with Gasteiger partial charge in [0.25, 0.3) is 5.91 Å². The molecule has 3 aliphatic heterocycles. The van der Waals surface area contributed by atoms with Crippen molar-refractivity contribution in [2.24, 2.45) is 0 Å². The number of carbonyl (C=O) groups is 1. The summed E-state index contributed by atoms with van der Waals surface area (Å²) in [5.41, 5.74) is 1.73. The summed E-state index contributed by atoms with van der Waals surface area (Å²) in [5.74, 6) is 0.573. The maximum absolute atomic E-state index is 14.1. The Kier molecular flexibility index (Phi) is 8.11. The Hall–Kier alpha value is -2.87. The lowest BCUT2D eigenvalue weighted by Crippen LogP contribution is -2.52. The van der Waals surface area contributed by atoms with Crippen molar-refractivity contribution in [2.75, 3.05) is 62.4 Å². The first-order valence-electron chi connectivity index (χ1n) is 14.1. The average molecular weight is 619 g/mol. The van der Waals surface area contributed by atoms with Gasteiger partial charge in [-0.3, -0.25) is 4.79 Å². The van der Waals surface area contributed by atoms with E-state index in [2.05, 4.69) is 45.1 Å². The molecule has 2 saturated heterocycles. The van der Waals surface area contributed by atoms with Crippen LogP contribution in [0.5, 0.6) is 0 Å². The summed E-state index contributed by atoms with van der Waals surface area (Å²) in [6.45, 7) is 8.64. The quantitative estimate of drug-likeness (QED) is 0.382. The number of alkyl halides is 3. The number of nitrogens with one attached hydrogen (secondary N) is 1. The van der Waals surface area contributed by atoms with Crippen molar-refractivity contribution in [3.05, 3.63) is 46.5 Å². The van der Waals surface area contributed by atoms with Crippen molar-refractivity contribution in [3.63, 3.8) is 0 Å². The molecule has 1 N–H and O–H groups in total. The Labute approximate surface area is 251 Å². The van der Waals surface area contributed by atoms with E-state index in [-0.39, 0.29) is 23.6 Å². The van der Waals surface area contributed by atoms with Crippen LogP contribution in [0.2, 0.25) is 0 Å². The van der Waals surface area contributed by atoms with Crippen LogP contribution in [-0.4, -0.2) is 90.0 Å². The number of carbonyl (C=O) groups excluding carboxylic acids is 1. The number of piperazine rings is 1. The van der Waals surface area contributed by atoms with Gasteiger partial charge in [0.15, 0.2) is 0 Å². The van der Waals surface area contributed by atoms with Gasteiger partial charge in [-0.05, 0) is 50.2 Å². The zero-order valence-electron chi connectivity index (χ0n) is 23.7. The van der Waals surface area contributed by atoms with E-state index in [0.29, 0.717) is 46.2 Å². The molecule has 13 heteroatoms. The second-order valence-electron chi connectivity index (χ2n) is 10.9. The number of fused-ring (bicyclic) bond motifs is 1. The van der Waals surface area contributed by atoms with Gasteiger partial charge in [-0.2, -0.15) is 13.2 Å². The van der Waals surface area contributed by atoms with Gasteiger partial charge < -0.3 is 24.8 Å². The van der Waals surface area contributed by atoms with Gasteiger partial charge in [0.2, 0.25) is 5.95 Å². The van der Waals surface area contributed by atoms with Gasteiger partial charge in [0, 0.05) is 60.4 Å². The Bertz CT molecular complexity index is 1480. The van der Waals surface area contributed by atoms with E-state index in [1.807, 2.05) is 19.1 Å². The van der Waals surface area contributed by atoms with E-state index in [1.165, 1.54) is 11.8 Å². The van der Waals surface area contributed by atoms with Crippen molar-refractivity contribution in [1.29, 1.82) is 0 Å². The summed E-state index contributed by atoms with van der Waals surface area (Å²) in [7, 11) is 2.13. The van der Waals surface area contributed by atoms with E-state index in [0.717, 1.165) is 60.5 Å². The number of halogens is 3. The topological polar surface area (TPSA) is 73.8 Å². The minimum absolute atomic E-state index is 0.00833. The highest BCUT2D eigenvalue weighted by Gasteiger charge is 2.38. The number of aromatic nitrogens is 2. The third-order valence-electron chi connectivity index (χ3n) is 8.17. The molecule has 0 saturated carbocycles. The second kappa shape index (κ2) is 11.7. The Morgan fingerprint density at radius 3 is 2.67 bits per heavy atom. The highest BCUT2D eigenvalue weighted by Crippen LogP contribution is 2.43. The van der Waals surface area contributed by atoms with E-state index >= 15 is 0 Å². The fourth-order valence-corrected chi connectivity index (χ4v) is 7.73. The van der Waals surface area contributed by atoms with Gasteiger partial charge >= 0.3 is 6.18 Å². The third-order valence-corrected chi connectivity index (χ3v) is 10.5. The standard InChI is InChI=1S/C29H33F3N6O2S2/c1-4-18-11-19(37-8-7-36(3)17(2)14-37)5-6-22(18)34-28-33-13-21(29(30,31)32)25(35-28)23-12-24-26(42-23)27(39)38(9-10-41-24)20-15-40-16-20/h5-6,11-13,17,20H,4,7-10,14-16H2,1-3H3,(H,33,34,35)/t17-/m0/s1. The van der Waals surface area contributed by atoms with E-state index < -0.39 is 11.7 Å². The lowest BCUT2D eigenvalue weighted by atomic mass is 10.1. The van der Waals surface area contributed by atoms with E-state index in [1.54, 1.807) is 11.0 Å². The Balaban J connectivity index is 1.31. The van der Waals surface area contributed by atoms with E-state index in [4.69, 9.17) is 4.74 Å². The number of nitrogens with zero attached hydrogens (tertiary/aromatic N) is 5.